The normalized spacial score (nSPS) is 20.8. The molecule has 1 unspecified atom stereocenters. The van der Waals surface area contributed by atoms with Crippen LogP contribution in [-0.4, -0.2) is 25.3 Å². The zero-order valence-corrected chi connectivity index (χ0v) is 13.8. The summed E-state index contributed by atoms with van der Waals surface area (Å²) in [6, 6.07) is 2.27. The van der Waals surface area contributed by atoms with Crippen LogP contribution < -0.4 is 5.73 Å². The van der Waals surface area contributed by atoms with E-state index in [0.29, 0.717) is 6.54 Å². The van der Waals surface area contributed by atoms with Gasteiger partial charge < -0.3 is 5.73 Å². The van der Waals surface area contributed by atoms with Crippen molar-refractivity contribution in [3.05, 3.63) is 22.4 Å². The number of rotatable bonds is 3. The Morgan fingerprint density at radius 3 is 2.70 bits per heavy atom. The number of nitrogens with two attached hydrogens (primary N) is 1. The highest BCUT2D eigenvalue weighted by Gasteiger charge is 2.37. The molecule has 1 aromatic rings. The minimum Gasteiger partial charge on any atom is -0.396 e. The van der Waals surface area contributed by atoms with Gasteiger partial charge in [-0.15, -0.1) is 0 Å². The quantitative estimate of drug-likeness (QED) is 0.838. The van der Waals surface area contributed by atoms with Crippen LogP contribution in [0.5, 0.6) is 0 Å². The molecular formula is C13H18BrFN2O2S. The lowest BCUT2D eigenvalue weighted by molar-refractivity contribution is 0.315. The Kier molecular flexibility index (Phi) is 4.41. The molecular weight excluding hydrogens is 347 g/mol. The summed E-state index contributed by atoms with van der Waals surface area (Å²) in [5.41, 5.74) is 5.34. The topological polar surface area (TPSA) is 63.4 Å². The molecule has 1 saturated heterocycles. The summed E-state index contributed by atoms with van der Waals surface area (Å²) in [6.45, 7) is 4.51. The van der Waals surface area contributed by atoms with E-state index in [1.165, 1.54) is 10.4 Å². The Hall–Kier alpha value is -0.660. The average molecular weight is 365 g/mol. The van der Waals surface area contributed by atoms with E-state index in [-0.39, 0.29) is 27.0 Å². The van der Waals surface area contributed by atoms with Gasteiger partial charge in [-0.05, 0) is 46.8 Å². The third-order valence-corrected chi connectivity index (χ3v) is 6.54. The first kappa shape index (κ1) is 15.7. The van der Waals surface area contributed by atoms with Crippen molar-refractivity contribution in [2.45, 2.75) is 37.6 Å². The van der Waals surface area contributed by atoms with Gasteiger partial charge in [0.05, 0.1) is 10.6 Å². The summed E-state index contributed by atoms with van der Waals surface area (Å²) >= 11 is 3.12. The van der Waals surface area contributed by atoms with Gasteiger partial charge in [0, 0.05) is 17.1 Å². The van der Waals surface area contributed by atoms with Crippen LogP contribution in [-0.2, 0) is 10.0 Å². The molecule has 7 heteroatoms. The minimum atomic E-state index is -3.66. The van der Waals surface area contributed by atoms with Gasteiger partial charge in [-0.25, -0.2) is 12.8 Å². The van der Waals surface area contributed by atoms with Crippen LogP contribution in [0.15, 0.2) is 21.5 Å². The van der Waals surface area contributed by atoms with Crippen LogP contribution >= 0.6 is 15.9 Å². The summed E-state index contributed by atoms with van der Waals surface area (Å²) in [6.07, 6.45) is 1.70. The Bertz CT molecular complexity index is 619. The smallest absolute Gasteiger partial charge is 0.244 e. The van der Waals surface area contributed by atoms with Gasteiger partial charge in [0.2, 0.25) is 10.0 Å². The maximum atomic E-state index is 13.4. The second kappa shape index (κ2) is 5.61. The van der Waals surface area contributed by atoms with Gasteiger partial charge in [0.1, 0.15) is 5.82 Å². The van der Waals surface area contributed by atoms with E-state index in [1.54, 1.807) is 0 Å². The maximum absolute atomic E-state index is 13.4. The van der Waals surface area contributed by atoms with Crippen LogP contribution in [0.25, 0.3) is 0 Å². The average Bonchev–Trinajstić information content (AvgIpc) is 2.83. The first-order valence-electron chi connectivity index (χ1n) is 6.51. The van der Waals surface area contributed by atoms with Gasteiger partial charge in [0.25, 0.3) is 0 Å². The summed E-state index contributed by atoms with van der Waals surface area (Å²) in [5.74, 6) is -0.387. The summed E-state index contributed by atoms with van der Waals surface area (Å²) < 4.78 is 40.6. The van der Waals surface area contributed by atoms with Crippen LogP contribution in [0.3, 0.4) is 0 Å². The van der Waals surface area contributed by atoms with Gasteiger partial charge in [-0.1, -0.05) is 13.8 Å². The molecule has 1 aliphatic rings. The first-order chi connectivity index (χ1) is 9.25. The van der Waals surface area contributed by atoms with Crippen LogP contribution in [0.2, 0.25) is 0 Å². The summed E-state index contributed by atoms with van der Waals surface area (Å²) in [5, 5.41) is 0. The van der Waals surface area contributed by atoms with Crippen molar-refractivity contribution in [1.82, 2.24) is 4.31 Å². The van der Waals surface area contributed by atoms with Crippen LogP contribution in [0.1, 0.15) is 26.7 Å². The molecule has 1 fully saturated rings. The molecule has 112 valence electrons. The van der Waals surface area contributed by atoms with Crippen molar-refractivity contribution in [2.75, 3.05) is 12.3 Å². The number of hydrogen-bond acceptors (Lipinski definition) is 3. The molecule has 1 aromatic carbocycles. The number of hydrogen-bond donors (Lipinski definition) is 1. The van der Waals surface area contributed by atoms with E-state index >= 15 is 0 Å². The Morgan fingerprint density at radius 2 is 2.10 bits per heavy atom. The maximum Gasteiger partial charge on any atom is 0.244 e. The van der Waals surface area contributed by atoms with Gasteiger partial charge in [-0.2, -0.15) is 4.31 Å². The summed E-state index contributed by atoms with van der Waals surface area (Å²) in [4.78, 5) is 0.0314. The van der Waals surface area contributed by atoms with E-state index in [9.17, 15) is 12.8 Å². The number of sulfonamides is 1. The monoisotopic (exact) mass is 364 g/mol. The minimum absolute atomic E-state index is 0.0156. The van der Waals surface area contributed by atoms with E-state index in [1.807, 2.05) is 13.8 Å². The van der Waals surface area contributed by atoms with Crippen LogP contribution in [0.4, 0.5) is 10.1 Å². The molecule has 2 N–H and O–H groups in total. The van der Waals surface area contributed by atoms with Crippen molar-refractivity contribution in [1.29, 1.82) is 0 Å². The van der Waals surface area contributed by atoms with Crippen molar-refractivity contribution >= 4 is 31.6 Å². The highest BCUT2D eigenvalue weighted by Crippen LogP contribution is 2.34. The molecule has 0 aromatic heterocycles. The molecule has 4 nitrogen and oxygen atoms in total. The molecule has 0 saturated carbocycles. The van der Waals surface area contributed by atoms with E-state index < -0.39 is 15.8 Å². The van der Waals surface area contributed by atoms with Crippen LogP contribution in [0, 0.1) is 11.7 Å². The molecule has 0 spiro atoms. The molecule has 0 radical (unpaired) electrons. The second-order valence-corrected chi connectivity index (χ2v) is 8.09. The lowest BCUT2D eigenvalue weighted by Crippen LogP contribution is -2.38. The largest absolute Gasteiger partial charge is 0.396 e. The summed E-state index contributed by atoms with van der Waals surface area (Å²) in [7, 11) is -3.66. The number of anilines is 1. The molecule has 0 amide bonds. The molecule has 0 bridgehead atoms. The lowest BCUT2D eigenvalue weighted by atomic mass is 10.0. The van der Waals surface area contributed by atoms with Crippen molar-refractivity contribution in [3.8, 4) is 0 Å². The fourth-order valence-corrected chi connectivity index (χ4v) is 5.44. The number of nitrogens with zero attached hydrogens (tertiary/aromatic N) is 1. The van der Waals surface area contributed by atoms with E-state index in [4.69, 9.17) is 5.73 Å². The highest BCUT2D eigenvalue weighted by molar-refractivity contribution is 9.10. The molecule has 2 rings (SSSR count). The number of halogens is 2. The third kappa shape index (κ3) is 2.71. The van der Waals surface area contributed by atoms with Crippen molar-refractivity contribution in [3.63, 3.8) is 0 Å². The fraction of sp³-hybridized carbons (Fsp3) is 0.538. The molecule has 1 heterocycles. The fourth-order valence-electron chi connectivity index (χ4n) is 2.60. The Balaban J connectivity index is 2.48. The Morgan fingerprint density at radius 1 is 1.45 bits per heavy atom. The van der Waals surface area contributed by atoms with Crippen molar-refractivity contribution in [2.24, 2.45) is 5.92 Å². The highest BCUT2D eigenvalue weighted by atomic mass is 79.9. The van der Waals surface area contributed by atoms with Crippen molar-refractivity contribution < 1.29 is 12.8 Å². The zero-order chi connectivity index (χ0) is 15.1. The van der Waals surface area contributed by atoms with Gasteiger partial charge in [-0.3, -0.25) is 0 Å². The predicted octanol–water partition coefficient (Wildman–Crippen LogP) is 2.98. The van der Waals surface area contributed by atoms with E-state index in [2.05, 4.69) is 15.9 Å². The zero-order valence-electron chi connectivity index (χ0n) is 11.4. The molecule has 20 heavy (non-hydrogen) atoms. The molecule has 1 atom stereocenters. The number of benzene rings is 1. The Labute approximate surface area is 127 Å². The number of nitrogen functional groups attached to an aromatic ring is 1. The third-order valence-electron chi connectivity index (χ3n) is 3.66. The standard InChI is InChI=1S/C13H18BrFN2O2S/c1-8(2)12-4-3-5-17(12)20(18,19)13-7-11(16)10(15)6-9(13)14/h6-8,12H,3-5,16H2,1-2H3. The van der Waals surface area contributed by atoms with Gasteiger partial charge >= 0.3 is 0 Å². The van der Waals surface area contributed by atoms with E-state index in [0.717, 1.165) is 18.9 Å². The van der Waals surface area contributed by atoms with Gasteiger partial charge in [0.15, 0.2) is 0 Å². The first-order valence-corrected chi connectivity index (χ1v) is 8.75. The SMILES string of the molecule is CC(C)C1CCCN1S(=O)(=O)c1cc(N)c(F)cc1Br. The predicted molar refractivity (Wildman–Crippen MR) is 80.3 cm³/mol. The molecule has 0 aliphatic carbocycles. The lowest BCUT2D eigenvalue weighted by Gasteiger charge is -2.27. The molecule has 1 aliphatic heterocycles. The second-order valence-electron chi connectivity index (χ2n) is 5.37.